The number of ether oxygens (including phenoxy) is 1. The fourth-order valence-electron chi connectivity index (χ4n) is 14.0. The molecule has 10 aromatic carbocycles. The number of hydrogen-bond acceptors (Lipinski definition) is 7. The van der Waals surface area contributed by atoms with E-state index in [1.54, 1.807) is 11.8 Å². The van der Waals surface area contributed by atoms with Crippen LogP contribution in [0.25, 0.3) is 93.9 Å². The van der Waals surface area contributed by atoms with Crippen LogP contribution in [-0.2, 0) is 5.41 Å². The van der Waals surface area contributed by atoms with Crippen molar-refractivity contribution in [2.45, 2.75) is 15.2 Å². The first-order valence-corrected chi connectivity index (χ1v) is 28.4. The van der Waals surface area contributed by atoms with Crippen molar-refractivity contribution in [2.75, 3.05) is 4.90 Å². The first kappa shape index (κ1) is 45.7. The summed E-state index contributed by atoms with van der Waals surface area (Å²) in [6.45, 7) is 0. The molecule has 1 aliphatic carbocycles. The SMILES string of the molecule is N#Cc1ccc2c(c1)c1ccccc1n2-c1cnc2c(c1)C1(c3ccc(N4c5ccccc5Sc5ccccc54)cc3Oc3cc(-n4c5ccccc5c5ccccc54)ccc31)c1cc(-n3c4ccccc4c4cc(C#N)ccc43)cnc1-2. The summed E-state index contributed by atoms with van der Waals surface area (Å²) in [6, 6.07) is 86.0. The quantitative estimate of drug-likeness (QED) is 0.173. The van der Waals surface area contributed by atoms with Crippen LogP contribution in [0.15, 0.2) is 253 Å². The van der Waals surface area contributed by atoms with E-state index in [-0.39, 0.29) is 0 Å². The van der Waals surface area contributed by atoms with Gasteiger partial charge in [-0.15, -0.1) is 0 Å². The lowest BCUT2D eigenvalue weighted by molar-refractivity contribution is 0.436. The standard InChI is InChI=1S/C73H40N8OS/c74-39-43-25-31-63-53(33-43)51-15-3-7-19-61(51)80(63)47-35-57-71(76-41-47)72-58(36-48(42-77-72)81-62-20-8-4-16-52(62)54-34-44(40-75)26-32-64(54)81)73(57)55-29-27-45(78-59-17-5-1-13-49(59)50-14-2-6-18-60(50)78)37-67(55)82-68-38-46(28-30-56(68)73)79-65-21-9-11-23-69(65)83-70-24-12-10-22-66(70)79/h1-38,41-42H. The zero-order valence-corrected chi connectivity index (χ0v) is 44.8. The Morgan fingerprint density at radius 1 is 0.361 bits per heavy atom. The van der Waals surface area contributed by atoms with E-state index in [9.17, 15) is 10.5 Å². The Morgan fingerprint density at radius 2 is 0.759 bits per heavy atom. The van der Waals surface area contributed by atoms with Gasteiger partial charge in [-0.05, 0) is 109 Å². The molecule has 0 unspecified atom stereocenters. The molecule has 0 atom stereocenters. The van der Waals surface area contributed by atoms with Crippen LogP contribution in [0.5, 0.6) is 11.5 Å². The highest BCUT2D eigenvalue weighted by atomic mass is 32.2. The minimum absolute atomic E-state index is 0.600. The second kappa shape index (κ2) is 16.9. The van der Waals surface area contributed by atoms with Gasteiger partial charge in [0.2, 0.25) is 0 Å². The van der Waals surface area contributed by atoms with Gasteiger partial charge in [0.1, 0.15) is 11.5 Å². The van der Waals surface area contributed by atoms with Crippen LogP contribution < -0.4 is 9.64 Å². The van der Waals surface area contributed by atoms with E-state index in [4.69, 9.17) is 14.7 Å². The molecule has 0 radical (unpaired) electrons. The maximum Gasteiger partial charge on any atom is 0.134 e. The summed E-state index contributed by atoms with van der Waals surface area (Å²) in [5.41, 5.74) is 17.5. The molecule has 0 saturated heterocycles. The Hall–Kier alpha value is -11.2. The van der Waals surface area contributed by atoms with Gasteiger partial charge in [0.25, 0.3) is 0 Å². The topological polar surface area (TPSA) is 101 Å². The predicted octanol–water partition coefficient (Wildman–Crippen LogP) is 17.9. The smallest absolute Gasteiger partial charge is 0.134 e. The molecule has 18 rings (SSSR count). The van der Waals surface area contributed by atoms with Crippen molar-refractivity contribution in [1.82, 2.24) is 23.7 Å². The van der Waals surface area contributed by atoms with E-state index in [0.29, 0.717) is 22.6 Å². The van der Waals surface area contributed by atoms with E-state index in [0.717, 1.165) is 122 Å². The molecule has 5 aromatic heterocycles. The third kappa shape index (κ3) is 6.19. The number of pyridine rings is 2. The number of fused-ring (bicyclic) bond motifs is 20. The lowest BCUT2D eigenvalue weighted by Crippen LogP contribution is -2.33. The lowest BCUT2D eigenvalue weighted by atomic mass is 9.66. The molecule has 83 heavy (non-hydrogen) atoms. The molecule has 15 aromatic rings. The number of benzene rings is 10. The Kier molecular flexibility index (Phi) is 9.32. The normalized spacial score (nSPS) is 13.4. The zero-order valence-electron chi connectivity index (χ0n) is 44.0. The van der Waals surface area contributed by atoms with Gasteiger partial charge in [-0.3, -0.25) is 9.97 Å². The van der Waals surface area contributed by atoms with Crippen molar-refractivity contribution in [3.8, 4) is 52.1 Å². The third-order valence-electron chi connectivity index (χ3n) is 17.4. The molecule has 0 amide bonds. The van der Waals surface area contributed by atoms with Crippen LogP contribution in [0.1, 0.15) is 33.4 Å². The molecule has 0 saturated carbocycles. The van der Waals surface area contributed by atoms with Gasteiger partial charge in [0.05, 0.1) is 108 Å². The molecular formula is C73H40N8OS. The zero-order chi connectivity index (χ0) is 54.7. The highest BCUT2D eigenvalue weighted by molar-refractivity contribution is 7.99. The van der Waals surface area contributed by atoms with Gasteiger partial charge in [0, 0.05) is 87.9 Å². The second-order valence-electron chi connectivity index (χ2n) is 21.5. The summed E-state index contributed by atoms with van der Waals surface area (Å²) >= 11 is 1.79. The molecule has 2 aliphatic heterocycles. The van der Waals surface area contributed by atoms with Crippen LogP contribution in [-0.4, -0.2) is 23.7 Å². The van der Waals surface area contributed by atoms with Crippen molar-refractivity contribution in [3.05, 3.63) is 276 Å². The average Bonchev–Trinajstić information content (AvgIpc) is 2.01. The number of para-hydroxylation sites is 6. The molecule has 3 aliphatic rings. The van der Waals surface area contributed by atoms with Crippen LogP contribution in [0, 0.1) is 22.7 Å². The Morgan fingerprint density at radius 3 is 1.24 bits per heavy atom. The lowest BCUT2D eigenvalue weighted by Gasteiger charge is -2.40. The second-order valence-corrected chi connectivity index (χ2v) is 22.6. The molecule has 0 N–H and O–H groups in total. The van der Waals surface area contributed by atoms with E-state index in [1.807, 2.05) is 36.7 Å². The molecule has 1 spiro atoms. The molecule has 0 fully saturated rings. The molecule has 0 bridgehead atoms. The van der Waals surface area contributed by atoms with Crippen molar-refractivity contribution in [2.24, 2.45) is 0 Å². The van der Waals surface area contributed by atoms with E-state index in [1.165, 1.54) is 20.6 Å². The summed E-state index contributed by atoms with van der Waals surface area (Å²) in [7, 11) is 0. The highest BCUT2D eigenvalue weighted by Crippen LogP contribution is 2.63. The number of rotatable bonds is 4. The first-order chi connectivity index (χ1) is 41.0. The Balaban J connectivity index is 0.958. The minimum Gasteiger partial charge on any atom is -0.457 e. The van der Waals surface area contributed by atoms with E-state index in [2.05, 4.69) is 237 Å². The van der Waals surface area contributed by atoms with Crippen molar-refractivity contribution < 1.29 is 4.74 Å². The summed E-state index contributed by atoms with van der Waals surface area (Å²) in [4.78, 5) is 15.8. The Bertz CT molecular complexity index is 5200. The van der Waals surface area contributed by atoms with Crippen LogP contribution >= 0.6 is 11.8 Å². The molecule has 10 heteroatoms. The van der Waals surface area contributed by atoms with Gasteiger partial charge in [-0.25, -0.2) is 0 Å². The number of nitrogens with zero attached hydrogens (tertiary/aromatic N) is 8. The van der Waals surface area contributed by atoms with Gasteiger partial charge in [-0.2, -0.15) is 10.5 Å². The van der Waals surface area contributed by atoms with Crippen molar-refractivity contribution in [3.63, 3.8) is 0 Å². The molecule has 7 heterocycles. The van der Waals surface area contributed by atoms with Crippen molar-refractivity contribution in [1.29, 1.82) is 10.5 Å². The van der Waals surface area contributed by atoms with Gasteiger partial charge in [-0.1, -0.05) is 121 Å². The van der Waals surface area contributed by atoms with Crippen molar-refractivity contribution >= 4 is 94.2 Å². The summed E-state index contributed by atoms with van der Waals surface area (Å²) in [5, 5.41) is 26.7. The van der Waals surface area contributed by atoms with Crippen LogP contribution in [0.2, 0.25) is 0 Å². The number of anilines is 3. The molecular weight excluding hydrogens is 1040 g/mol. The first-order valence-electron chi connectivity index (χ1n) is 27.6. The van der Waals surface area contributed by atoms with Crippen LogP contribution in [0.3, 0.4) is 0 Å². The number of nitriles is 2. The predicted molar refractivity (Wildman–Crippen MR) is 331 cm³/mol. The highest BCUT2D eigenvalue weighted by Gasteiger charge is 2.53. The Labute approximate surface area is 479 Å². The maximum absolute atomic E-state index is 10.1. The van der Waals surface area contributed by atoms with E-state index >= 15 is 0 Å². The largest absolute Gasteiger partial charge is 0.457 e. The number of hydrogen-bond donors (Lipinski definition) is 0. The summed E-state index contributed by atoms with van der Waals surface area (Å²) in [5.74, 6) is 1.42. The average molecular weight is 1080 g/mol. The maximum atomic E-state index is 10.1. The molecule has 384 valence electrons. The van der Waals surface area contributed by atoms with E-state index < -0.39 is 5.41 Å². The molecule has 9 nitrogen and oxygen atoms in total. The fraction of sp³-hybridized carbons (Fsp3) is 0.0137. The van der Waals surface area contributed by atoms with Gasteiger partial charge < -0.3 is 23.3 Å². The third-order valence-corrected chi connectivity index (χ3v) is 18.5. The fourth-order valence-corrected chi connectivity index (χ4v) is 15.1. The summed E-state index contributed by atoms with van der Waals surface area (Å²) in [6.07, 6.45) is 3.94. The monoisotopic (exact) mass is 1080 g/mol. The summed E-state index contributed by atoms with van der Waals surface area (Å²) < 4.78 is 14.5. The van der Waals surface area contributed by atoms with Crippen LogP contribution in [0.4, 0.5) is 17.1 Å². The van der Waals surface area contributed by atoms with Gasteiger partial charge >= 0.3 is 0 Å². The van der Waals surface area contributed by atoms with Gasteiger partial charge in [0.15, 0.2) is 0 Å². The number of aromatic nitrogens is 5. The minimum atomic E-state index is -1.06.